The van der Waals surface area contributed by atoms with Gasteiger partial charge < -0.3 is 11.5 Å². The lowest BCUT2D eigenvalue weighted by Gasteiger charge is -2.27. The maximum absolute atomic E-state index is 5.57. The Morgan fingerprint density at radius 2 is 1.60 bits per heavy atom. The van der Waals surface area contributed by atoms with Crippen molar-refractivity contribution in [1.29, 1.82) is 0 Å². The van der Waals surface area contributed by atoms with Gasteiger partial charge in [0.1, 0.15) is 5.82 Å². The van der Waals surface area contributed by atoms with Crippen LogP contribution in [0, 0.1) is 5.92 Å². The zero-order valence-electron chi connectivity index (χ0n) is 8.98. The van der Waals surface area contributed by atoms with Gasteiger partial charge in [-0.15, -0.1) is 0 Å². The van der Waals surface area contributed by atoms with Crippen molar-refractivity contribution in [1.82, 2.24) is 15.0 Å². The molecular formula is C10H17N5. The van der Waals surface area contributed by atoms with E-state index >= 15 is 0 Å². The van der Waals surface area contributed by atoms with Crippen molar-refractivity contribution >= 4 is 11.9 Å². The van der Waals surface area contributed by atoms with Gasteiger partial charge in [0, 0.05) is 5.92 Å². The topological polar surface area (TPSA) is 90.7 Å². The molecule has 1 aliphatic carbocycles. The molecule has 2 atom stereocenters. The second-order valence-corrected chi connectivity index (χ2v) is 4.28. The molecule has 1 aromatic heterocycles. The van der Waals surface area contributed by atoms with E-state index < -0.39 is 0 Å². The highest BCUT2D eigenvalue weighted by Gasteiger charge is 2.25. The first kappa shape index (κ1) is 10.1. The minimum Gasteiger partial charge on any atom is -0.368 e. The number of nitrogens with zero attached hydrogens (tertiary/aromatic N) is 3. The first-order valence-electron chi connectivity index (χ1n) is 5.43. The van der Waals surface area contributed by atoms with Gasteiger partial charge in [-0.1, -0.05) is 26.2 Å². The van der Waals surface area contributed by atoms with E-state index in [-0.39, 0.29) is 11.9 Å². The molecule has 0 radical (unpaired) electrons. The molecule has 5 nitrogen and oxygen atoms in total. The summed E-state index contributed by atoms with van der Waals surface area (Å²) < 4.78 is 0. The Morgan fingerprint density at radius 3 is 2.20 bits per heavy atom. The van der Waals surface area contributed by atoms with Crippen LogP contribution in [0.3, 0.4) is 0 Å². The Balaban J connectivity index is 2.27. The second kappa shape index (κ2) is 4.00. The molecule has 1 aromatic rings. The van der Waals surface area contributed by atoms with E-state index in [1.165, 1.54) is 19.3 Å². The van der Waals surface area contributed by atoms with Crippen LogP contribution in [0.2, 0.25) is 0 Å². The summed E-state index contributed by atoms with van der Waals surface area (Å²) in [6.07, 6.45) is 4.90. The molecule has 0 aliphatic heterocycles. The number of nitrogens with two attached hydrogens (primary N) is 2. The summed E-state index contributed by atoms with van der Waals surface area (Å²) in [7, 11) is 0. The number of aromatic nitrogens is 3. The normalized spacial score (nSPS) is 26.5. The van der Waals surface area contributed by atoms with Crippen molar-refractivity contribution in [3.05, 3.63) is 5.82 Å². The molecule has 2 rings (SSSR count). The molecule has 4 N–H and O–H groups in total. The molecule has 0 bridgehead atoms. The number of anilines is 2. The fourth-order valence-corrected chi connectivity index (χ4v) is 2.29. The van der Waals surface area contributed by atoms with Crippen LogP contribution in [0.1, 0.15) is 44.3 Å². The molecule has 1 fully saturated rings. The SMILES string of the molecule is CC1CCCCC1c1nc(N)nc(N)n1. The van der Waals surface area contributed by atoms with Crippen LogP contribution in [-0.4, -0.2) is 15.0 Å². The van der Waals surface area contributed by atoms with Gasteiger partial charge in [0.15, 0.2) is 0 Å². The first-order valence-corrected chi connectivity index (χ1v) is 5.43. The highest BCUT2D eigenvalue weighted by molar-refractivity contribution is 5.27. The standard InChI is InChI=1S/C10H17N5/c1-6-4-2-3-5-7(6)8-13-9(11)15-10(12)14-8/h6-7H,2-5H2,1H3,(H4,11,12,13,14,15). The van der Waals surface area contributed by atoms with Crippen LogP contribution < -0.4 is 11.5 Å². The monoisotopic (exact) mass is 207 g/mol. The van der Waals surface area contributed by atoms with Crippen molar-refractivity contribution in [2.24, 2.45) is 5.92 Å². The molecule has 0 amide bonds. The van der Waals surface area contributed by atoms with Gasteiger partial charge >= 0.3 is 0 Å². The summed E-state index contributed by atoms with van der Waals surface area (Å²) in [5.74, 6) is 2.24. The van der Waals surface area contributed by atoms with Gasteiger partial charge in [-0.2, -0.15) is 15.0 Å². The lowest BCUT2D eigenvalue weighted by Crippen LogP contribution is -2.19. The Morgan fingerprint density at radius 1 is 1.00 bits per heavy atom. The minimum absolute atomic E-state index is 0.232. The van der Waals surface area contributed by atoms with Crippen LogP contribution in [0.25, 0.3) is 0 Å². The number of nitrogen functional groups attached to an aromatic ring is 2. The summed E-state index contributed by atoms with van der Waals surface area (Å²) in [6, 6.07) is 0. The Bertz CT molecular complexity index is 331. The molecule has 0 saturated heterocycles. The van der Waals surface area contributed by atoms with Gasteiger partial charge in [0.2, 0.25) is 11.9 Å². The fraction of sp³-hybridized carbons (Fsp3) is 0.700. The number of hydrogen-bond donors (Lipinski definition) is 2. The third-order valence-electron chi connectivity index (χ3n) is 3.13. The smallest absolute Gasteiger partial charge is 0.225 e. The zero-order valence-corrected chi connectivity index (χ0v) is 8.98. The molecule has 82 valence electrons. The van der Waals surface area contributed by atoms with E-state index in [1.54, 1.807) is 0 Å². The molecule has 1 aliphatic rings. The minimum atomic E-state index is 0.232. The molecule has 0 aromatic carbocycles. The van der Waals surface area contributed by atoms with Gasteiger partial charge in [-0.25, -0.2) is 0 Å². The van der Waals surface area contributed by atoms with Crippen molar-refractivity contribution in [2.75, 3.05) is 11.5 Å². The van der Waals surface area contributed by atoms with E-state index in [9.17, 15) is 0 Å². The molecule has 1 heterocycles. The van der Waals surface area contributed by atoms with Crippen LogP contribution >= 0.6 is 0 Å². The van der Waals surface area contributed by atoms with Crippen LogP contribution in [-0.2, 0) is 0 Å². The lowest BCUT2D eigenvalue weighted by atomic mass is 9.80. The van der Waals surface area contributed by atoms with E-state index in [2.05, 4.69) is 21.9 Å². The lowest BCUT2D eigenvalue weighted by molar-refractivity contribution is 0.320. The molecule has 5 heteroatoms. The molecule has 1 saturated carbocycles. The second-order valence-electron chi connectivity index (χ2n) is 4.28. The fourth-order valence-electron chi connectivity index (χ4n) is 2.29. The average Bonchev–Trinajstić information content (AvgIpc) is 2.16. The largest absolute Gasteiger partial charge is 0.368 e. The highest BCUT2D eigenvalue weighted by atomic mass is 15.1. The molecular weight excluding hydrogens is 190 g/mol. The molecule has 15 heavy (non-hydrogen) atoms. The Labute approximate surface area is 89.3 Å². The zero-order chi connectivity index (χ0) is 10.8. The van der Waals surface area contributed by atoms with E-state index in [0.717, 1.165) is 12.2 Å². The summed E-state index contributed by atoms with van der Waals surface area (Å²) in [5, 5.41) is 0. The van der Waals surface area contributed by atoms with Crippen molar-refractivity contribution in [3.8, 4) is 0 Å². The summed E-state index contributed by atoms with van der Waals surface area (Å²) in [5.41, 5.74) is 11.1. The van der Waals surface area contributed by atoms with E-state index in [1.807, 2.05) is 0 Å². The summed E-state index contributed by atoms with van der Waals surface area (Å²) >= 11 is 0. The van der Waals surface area contributed by atoms with Gasteiger partial charge in [0.05, 0.1) is 0 Å². The quantitative estimate of drug-likeness (QED) is 0.725. The highest BCUT2D eigenvalue weighted by Crippen LogP contribution is 2.35. The predicted octanol–water partition coefficient (Wildman–Crippen LogP) is 1.33. The Kier molecular flexibility index (Phi) is 2.70. The average molecular weight is 207 g/mol. The van der Waals surface area contributed by atoms with Gasteiger partial charge in [0.25, 0.3) is 0 Å². The van der Waals surface area contributed by atoms with E-state index in [0.29, 0.717) is 11.8 Å². The van der Waals surface area contributed by atoms with Crippen LogP contribution in [0.5, 0.6) is 0 Å². The van der Waals surface area contributed by atoms with Crippen molar-refractivity contribution in [2.45, 2.75) is 38.5 Å². The van der Waals surface area contributed by atoms with Crippen molar-refractivity contribution in [3.63, 3.8) is 0 Å². The van der Waals surface area contributed by atoms with E-state index in [4.69, 9.17) is 11.5 Å². The van der Waals surface area contributed by atoms with Gasteiger partial charge in [-0.3, -0.25) is 0 Å². The van der Waals surface area contributed by atoms with Gasteiger partial charge in [-0.05, 0) is 12.3 Å². The third kappa shape index (κ3) is 2.16. The summed E-state index contributed by atoms with van der Waals surface area (Å²) in [4.78, 5) is 12.2. The maximum Gasteiger partial charge on any atom is 0.225 e. The van der Waals surface area contributed by atoms with Crippen LogP contribution in [0.15, 0.2) is 0 Å². The first-order chi connectivity index (χ1) is 7.16. The predicted molar refractivity (Wildman–Crippen MR) is 59.0 cm³/mol. The number of hydrogen-bond acceptors (Lipinski definition) is 5. The number of rotatable bonds is 1. The Hall–Kier alpha value is -1.39. The maximum atomic E-state index is 5.57. The van der Waals surface area contributed by atoms with Crippen LogP contribution in [0.4, 0.5) is 11.9 Å². The third-order valence-corrected chi connectivity index (χ3v) is 3.13. The summed E-state index contributed by atoms with van der Waals surface area (Å²) in [6.45, 7) is 2.24. The molecule has 0 spiro atoms. The van der Waals surface area contributed by atoms with Crippen molar-refractivity contribution < 1.29 is 0 Å². The molecule has 2 unspecified atom stereocenters.